The number of alkyl halides is 6. The van der Waals surface area contributed by atoms with E-state index in [0.717, 1.165) is 36.3 Å². The van der Waals surface area contributed by atoms with E-state index < -0.39 is 24.4 Å². The predicted molar refractivity (Wildman–Crippen MR) is 141 cm³/mol. The quantitative estimate of drug-likeness (QED) is 0.272. The van der Waals surface area contributed by atoms with Gasteiger partial charge in [0, 0.05) is 50.1 Å². The van der Waals surface area contributed by atoms with Gasteiger partial charge < -0.3 is 19.3 Å². The third kappa shape index (κ3) is 6.16. The van der Waals surface area contributed by atoms with Gasteiger partial charge in [-0.15, -0.1) is 13.2 Å². The zero-order chi connectivity index (χ0) is 28.5. The van der Waals surface area contributed by atoms with Crippen molar-refractivity contribution in [3.05, 3.63) is 89.5 Å². The van der Waals surface area contributed by atoms with E-state index in [4.69, 9.17) is 4.74 Å². The Labute approximate surface area is 229 Å². The van der Waals surface area contributed by atoms with Crippen LogP contribution in [0.2, 0.25) is 0 Å². The Morgan fingerprint density at radius 2 is 1.70 bits per heavy atom. The first kappa shape index (κ1) is 28.1. The second-order valence-electron chi connectivity index (χ2n) is 10.4. The summed E-state index contributed by atoms with van der Waals surface area (Å²) in [6.45, 7) is 1.55. The van der Waals surface area contributed by atoms with Crippen LogP contribution in [0, 0.1) is 0 Å². The molecule has 1 fully saturated rings. The van der Waals surface area contributed by atoms with E-state index in [2.05, 4.69) is 15.7 Å². The van der Waals surface area contributed by atoms with E-state index in [-0.39, 0.29) is 31.4 Å². The highest BCUT2D eigenvalue weighted by Crippen LogP contribution is 2.48. The second-order valence-corrected chi connectivity index (χ2v) is 10.4. The first-order valence-electron chi connectivity index (χ1n) is 13.1. The summed E-state index contributed by atoms with van der Waals surface area (Å²) in [5.74, 6) is -0.336. The number of hydrogen-bond acceptors (Lipinski definition) is 4. The normalized spacial score (nSPS) is 21.1. The summed E-state index contributed by atoms with van der Waals surface area (Å²) in [5, 5.41) is 0. The molecule has 2 aliphatic rings. The lowest BCUT2D eigenvalue weighted by atomic mass is 9.71. The molecule has 5 rings (SSSR count). The number of benzene rings is 3. The van der Waals surface area contributed by atoms with Crippen LogP contribution in [0.5, 0.6) is 5.75 Å². The molecule has 3 aromatic rings. The van der Waals surface area contributed by atoms with Gasteiger partial charge in [-0.05, 0) is 59.9 Å². The average Bonchev–Trinajstić information content (AvgIpc) is 3.50. The maximum absolute atomic E-state index is 13.3. The molecule has 2 atom stereocenters. The maximum Gasteiger partial charge on any atom is 0.573 e. The number of halogens is 6. The molecule has 0 bridgehead atoms. The maximum atomic E-state index is 13.3. The molecule has 40 heavy (non-hydrogen) atoms. The standard InChI is InChI=1S/C30H30F6N2O2/c1-39-25-12-14-37(19-25)23-8-5-7-22(17-23)28(18-21-6-4-9-24(16-21)40-30(34,35)36)20-38(15-13-29(31,32)33)27-11-3-2-10-26(27)28/h2-11,16-17,25H,12-15,18-20H2,1H3. The zero-order valence-corrected chi connectivity index (χ0v) is 21.9. The Kier molecular flexibility index (Phi) is 7.65. The van der Waals surface area contributed by atoms with Crippen LogP contribution in [0.1, 0.15) is 29.5 Å². The Bertz CT molecular complexity index is 1330. The van der Waals surface area contributed by atoms with Crippen molar-refractivity contribution in [1.29, 1.82) is 0 Å². The molecule has 0 aliphatic carbocycles. The molecular formula is C30H30F6N2O2. The molecule has 0 N–H and O–H groups in total. The van der Waals surface area contributed by atoms with E-state index in [0.29, 0.717) is 11.3 Å². The van der Waals surface area contributed by atoms with Crippen LogP contribution in [0.15, 0.2) is 72.8 Å². The van der Waals surface area contributed by atoms with Crippen molar-refractivity contribution >= 4 is 11.4 Å². The highest BCUT2D eigenvalue weighted by atomic mass is 19.4. The van der Waals surface area contributed by atoms with Gasteiger partial charge in [0.25, 0.3) is 0 Å². The topological polar surface area (TPSA) is 24.9 Å². The van der Waals surface area contributed by atoms with Crippen LogP contribution in [0.3, 0.4) is 0 Å². The molecule has 0 aromatic heterocycles. The molecule has 214 valence electrons. The molecule has 0 radical (unpaired) electrons. The van der Waals surface area contributed by atoms with Gasteiger partial charge in [-0.2, -0.15) is 13.2 Å². The number of rotatable bonds is 8. The molecule has 10 heteroatoms. The highest BCUT2D eigenvalue weighted by Gasteiger charge is 2.45. The molecule has 3 aromatic carbocycles. The lowest BCUT2D eigenvalue weighted by molar-refractivity contribution is -0.274. The van der Waals surface area contributed by atoms with Crippen molar-refractivity contribution in [2.45, 2.75) is 43.3 Å². The smallest absolute Gasteiger partial charge is 0.406 e. The molecule has 1 saturated heterocycles. The van der Waals surface area contributed by atoms with Crippen molar-refractivity contribution in [3.8, 4) is 5.75 Å². The lowest BCUT2D eigenvalue weighted by Crippen LogP contribution is -2.38. The summed E-state index contributed by atoms with van der Waals surface area (Å²) in [5.41, 5.74) is 3.16. The van der Waals surface area contributed by atoms with Crippen LogP contribution in [0.25, 0.3) is 0 Å². The van der Waals surface area contributed by atoms with Crippen LogP contribution in [0.4, 0.5) is 37.7 Å². The first-order chi connectivity index (χ1) is 19.0. The van der Waals surface area contributed by atoms with Gasteiger partial charge in [-0.1, -0.05) is 42.5 Å². The van der Waals surface area contributed by atoms with Crippen LogP contribution >= 0.6 is 0 Å². The van der Waals surface area contributed by atoms with E-state index in [1.54, 1.807) is 24.1 Å². The molecule has 4 nitrogen and oxygen atoms in total. The molecule has 0 saturated carbocycles. The largest absolute Gasteiger partial charge is 0.573 e. The van der Waals surface area contributed by atoms with Crippen molar-refractivity contribution in [3.63, 3.8) is 0 Å². The minimum absolute atomic E-state index is 0.110. The summed E-state index contributed by atoms with van der Waals surface area (Å²) in [4.78, 5) is 3.95. The number of fused-ring (bicyclic) bond motifs is 1. The van der Waals surface area contributed by atoms with Crippen LogP contribution in [-0.4, -0.2) is 51.9 Å². The van der Waals surface area contributed by atoms with Gasteiger partial charge in [0.2, 0.25) is 0 Å². The number of hydrogen-bond donors (Lipinski definition) is 0. The van der Waals surface area contributed by atoms with E-state index in [1.807, 2.05) is 36.4 Å². The SMILES string of the molecule is COC1CCN(c2cccc(C3(Cc4cccc(OC(F)(F)F)c4)CN(CCC(F)(F)F)c4ccccc43)c2)C1. The Balaban J connectivity index is 1.58. The minimum atomic E-state index is -4.84. The third-order valence-electron chi connectivity index (χ3n) is 7.77. The minimum Gasteiger partial charge on any atom is -0.406 e. The van der Waals surface area contributed by atoms with Crippen molar-refractivity contribution in [1.82, 2.24) is 0 Å². The van der Waals surface area contributed by atoms with Gasteiger partial charge >= 0.3 is 12.5 Å². The van der Waals surface area contributed by atoms with E-state index >= 15 is 0 Å². The summed E-state index contributed by atoms with van der Waals surface area (Å²) in [7, 11) is 1.68. The van der Waals surface area contributed by atoms with Crippen LogP contribution < -0.4 is 14.5 Å². The molecule has 2 aliphatic heterocycles. The number of ether oxygens (including phenoxy) is 2. The molecule has 0 amide bonds. The summed E-state index contributed by atoms with van der Waals surface area (Å²) in [6.07, 6.45) is -8.87. The highest BCUT2D eigenvalue weighted by molar-refractivity contribution is 5.68. The molecular weight excluding hydrogens is 534 g/mol. The third-order valence-corrected chi connectivity index (χ3v) is 7.77. The average molecular weight is 565 g/mol. The Morgan fingerprint density at radius 3 is 2.42 bits per heavy atom. The molecule has 2 unspecified atom stereocenters. The number of anilines is 2. The van der Waals surface area contributed by atoms with Gasteiger partial charge in [-0.3, -0.25) is 0 Å². The zero-order valence-electron chi connectivity index (χ0n) is 21.9. The predicted octanol–water partition coefficient (Wildman–Crippen LogP) is 7.11. The van der Waals surface area contributed by atoms with Gasteiger partial charge in [0.1, 0.15) is 5.75 Å². The number of methoxy groups -OCH3 is 1. The fourth-order valence-electron chi connectivity index (χ4n) is 5.97. The Morgan fingerprint density at radius 1 is 0.925 bits per heavy atom. The summed E-state index contributed by atoms with van der Waals surface area (Å²) >= 11 is 0. The second kappa shape index (κ2) is 10.9. The van der Waals surface area contributed by atoms with Crippen molar-refractivity contribution in [2.75, 3.05) is 43.1 Å². The fourth-order valence-corrected chi connectivity index (χ4v) is 5.97. The van der Waals surface area contributed by atoms with Crippen molar-refractivity contribution < 1.29 is 35.8 Å². The summed E-state index contributed by atoms with van der Waals surface area (Å²) in [6, 6.07) is 21.1. The first-order valence-corrected chi connectivity index (χ1v) is 13.1. The van der Waals surface area contributed by atoms with Gasteiger partial charge in [-0.25, -0.2) is 0 Å². The van der Waals surface area contributed by atoms with Gasteiger partial charge in [0.05, 0.1) is 12.5 Å². The Hall–Kier alpha value is -3.40. The van der Waals surface area contributed by atoms with E-state index in [1.165, 1.54) is 18.2 Å². The van der Waals surface area contributed by atoms with E-state index in [9.17, 15) is 26.3 Å². The van der Waals surface area contributed by atoms with Crippen LogP contribution in [-0.2, 0) is 16.6 Å². The lowest BCUT2D eigenvalue weighted by Gasteiger charge is -2.33. The monoisotopic (exact) mass is 564 g/mol. The molecule has 0 spiro atoms. The number of nitrogens with zero attached hydrogens (tertiary/aromatic N) is 2. The molecule has 2 heterocycles. The van der Waals surface area contributed by atoms with Gasteiger partial charge in [0.15, 0.2) is 0 Å². The summed E-state index contributed by atoms with van der Waals surface area (Å²) < 4.78 is 88.4. The van der Waals surface area contributed by atoms with Crippen molar-refractivity contribution in [2.24, 2.45) is 0 Å². The number of para-hydroxylation sites is 1. The fraction of sp³-hybridized carbons (Fsp3) is 0.400.